The normalized spacial score (nSPS) is 24.5. The van der Waals surface area contributed by atoms with Crippen molar-refractivity contribution in [3.05, 3.63) is 60.2 Å². The molecule has 1 aliphatic heterocycles. The summed E-state index contributed by atoms with van der Waals surface area (Å²) in [6.07, 6.45) is 0. The van der Waals surface area contributed by atoms with Crippen LogP contribution >= 0.6 is 0 Å². The van der Waals surface area contributed by atoms with Gasteiger partial charge in [-0.1, -0.05) is 42.5 Å². The molecule has 0 aromatic heterocycles. The maximum absolute atomic E-state index is 13.0. The summed E-state index contributed by atoms with van der Waals surface area (Å²) >= 11 is 0. The Bertz CT molecular complexity index is 699. The second-order valence-electron chi connectivity index (χ2n) is 4.94. The van der Waals surface area contributed by atoms with Crippen molar-refractivity contribution in [2.24, 2.45) is 0 Å². The molecule has 102 valence electrons. The molecule has 0 fully saturated rings. The van der Waals surface area contributed by atoms with Gasteiger partial charge < -0.3 is 0 Å². The summed E-state index contributed by atoms with van der Waals surface area (Å²) in [5.41, 5.74) is 1.62. The number of hydrogen-bond donors (Lipinski definition) is 0. The van der Waals surface area contributed by atoms with Gasteiger partial charge in [-0.3, -0.25) is 13.9 Å². The van der Waals surface area contributed by atoms with Gasteiger partial charge in [-0.05, 0) is 24.6 Å². The number of benzene rings is 2. The highest BCUT2D eigenvalue weighted by Crippen LogP contribution is 2.47. The number of rotatable bonds is 1. The lowest BCUT2D eigenvalue weighted by atomic mass is 10.1. The molecule has 20 heavy (non-hydrogen) atoms. The molecule has 1 aliphatic rings. The number of nitrogens with zero attached hydrogens (tertiary/aromatic N) is 1. The number of amides is 1. The van der Waals surface area contributed by atoms with Gasteiger partial charge >= 0.3 is 0 Å². The van der Waals surface area contributed by atoms with Crippen LogP contribution in [-0.2, 0) is 20.5 Å². The molecule has 0 N–H and O–H groups in total. The van der Waals surface area contributed by atoms with Crippen LogP contribution in [0.3, 0.4) is 0 Å². The molecule has 4 heteroatoms. The van der Waals surface area contributed by atoms with Crippen LogP contribution in [0, 0.1) is 0 Å². The zero-order valence-corrected chi connectivity index (χ0v) is 12.2. The first-order valence-electron chi connectivity index (χ1n) is 6.44. The highest BCUT2D eigenvalue weighted by molar-refractivity contribution is 7.86. The maximum atomic E-state index is 13.0. The molecule has 1 amide bonds. The van der Waals surface area contributed by atoms with Crippen molar-refractivity contribution < 1.29 is 9.00 Å². The lowest BCUT2D eigenvalue weighted by molar-refractivity contribution is -0.117. The fourth-order valence-electron chi connectivity index (χ4n) is 2.78. The summed E-state index contributed by atoms with van der Waals surface area (Å²) in [6, 6.07) is 16.9. The molecule has 0 aliphatic carbocycles. The molecule has 3 nitrogen and oxygen atoms in total. The van der Waals surface area contributed by atoms with Crippen LogP contribution in [0.1, 0.15) is 19.4 Å². The van der Waals surface area contributed by atoms with Crippen molar-refractivity contribution in [2.45, 2.75) is 23.6 Å². The standard InChI is InChI=1S/C16H15NO2S/c1-12(18)17-14-10-6-7-11-15(14)20(19)16(17,2)13-8-4-3-5-9-13/h3-11H,1-2H3/t16-,20?/m1/s1. The van der Waals surface area contributed by atoms with Crippen LogP contribution in [0.2, 0.25) is 0 Å². The average molecular weight is 285 g/mol. The van der Waals surface area contributed by atoms with Gasteiger partial charge in [0.25, 0.3) is 0 Å². The Morgan fingerprint density at radius 3 is 2.30 bits per heavy atom. The Hall–Kier alpha value is -1.94. The first kappa shape index (κ1) is 13.1. The summed E-state index contributed by atoms with van der Waals surface area (Å²) in [5, 5.41) is 0. The zero-order valence-electron chi connectivity index (χ0n) is 11.4. The van der Waals surface area contributed by atoms with Gasteiger partial charge in [-0.2, -0.15) is 0 Å². The van der Waals surface area contributed by atoms with Crippen LogP contribution in [0.15, 0.2) is 59.5 Å². The van der Waals surface area contributed by atoms with E-state index >= 15 is 0 Å². The molecule has 2 aromatic carbocycles. The van der Waals surface area contributed by atoms with Crippen molar-refractivity contribution in [2.75, 3.05) is 4.90 Å². The highest BCUT2D eigenvalue weighted by atomic mass is 32.2. The van der Waals surface area contributed by atoms with Gasteiger partial charge in [0, 0.05) is 6.92 Å². The minimum absolute atomic E-state index is 0.102. The molecule has 0 spiro atoms. The van der Waals surface area contributed by atoms with Crippen molar-refractivity contribution in [3.8, 4) is 0 Å². The smallest absolute Gasteiger partial charge is 0.225 e. The lowest BCUT2D eigenvalue weighted by Gasteiger charge is -2.33. The third kappa shape index (κ3) is 1.64. The van der Waals surface area contributed by atoms with Gasteiger partial charge in [-0.15, -0.1) is 0 Å². The molecule has 0 saturated heterocycles. The van der Waals surface area contributed by atoms with Crippen LogP contribution in [0.5, 0.6) is 0 Å². The first-order chi connectivity index (χ1) is 9.56. The average Bonchev–Trinajstić information content (AvgIpc) is 2.70. The SMILES string of the molecule is CC(=O)N1c2ccccc2S(=O)[C@]1(C)c1ccccc1. The van der Waals surface area contributed by atoms with Crippen LogP contribution in [0.25, 0.3) is 0 Å². The Morgan fingerprint density at radius 1 is 1.05 bits per heavy atom. The van der Waals surface area contributed by atoms with Gasteiger partial charge in [0.1, 0.15) is 4.87 Å². The molecule has 0 saturated carbocycles. The van der Waals surface area contributed by atoms with E-state index in [4.69, 9.17) is 0 Å². The van der Waals surface area contributed by atoms with Gasteiger partial charge in [0.15, 0.2) is 0 Å². The van der Waals surface area contributed by atoms with E-state index in [1.54, 1.807) is 4.90 Å². The van der Waals surface area contributed by atoms with E-state index in [1.807, 2.05) is 61.5 Å². The van der Waals surface area contributed by atoms with Gasteiger partial charge in [0.2, 0.25) is 5.91 Å². The third-order valence-electron chi connectivity index (χ3n) is 3.72. The van der Waals surface area contributed by atoms with Crippen molar-refractivity contribution in [1.29, 1.82) is 0 Å². The number of fused-ring (bicyclic) bond motifs is 1. The van der Waals surface area contributed by atoms with Crippen LogP contribution in [-0.4, -0.2) is 10.1 Å². The quantitative estimate of drug-likeness (QED) is 0.807. The predicted molar refractivity (Wildman–Crippen MR) is 79.8 cm³/mol. The Morgan fingerprint density at radius 2 is 1.65 bits per heavy atom. The minimum Gasteiger partial charge on any atom is -0.289 e. The highest BCUT2D eigenvalue weighted by Gasteiger charge is 2.49. The molecule has 3 rings (SSSR count). The molecule has 1 unspecified atom stereocenters. The monoisotopic (exact) mass is 285 g/mol. The van der Waals surface area contributed by atoms with E-state index in [0.29, 0.717) is 4.90 Å². The second-order valence-corrected chi connectivity index (χ2v) is 6.71. The predicted octanol–water partition coefficient (Wildman–Crippen LogP) is 3.03. The third-order valence-corrected chi connectivity index (χ3v) is 5.60. The fraction of sp³-hybridized carbons (Fsp3) is 0.188. The molecule has 2 atom stereocenters. The van der Waals surface area contributed by atoms with E-state index in [1.165, 1.54) is 6.92 Å². The molecule has 0 radical (unpaired) electrons. The Labute approximate surface area is 120 Å². The molecule has 2 aromatic rings. The number of anilines is 1. The van der Waals surface area contributed by atoms with Crippen molar-refractivity contribution in [1.82, 2.24) is 0 Å². The van der Waals surface area contributed by atoms with E-state index in [2.05, 4.69) is 0 Å². The Kier molecular flexibility index (Phi) is 2.98. The fourth-order valence-corrected chi connectivity index (χ4v) is 4.50. The first-order valence-corrected chi connectivity index (χ1v) is 7.59. The zero-order chi connectivity index (χ0) is 14.3. The summed E-state index contributed by atoms with van der Waals surface area (Å²) in [6.45, 7) is 3.38. The summed E-state index contributed by atoms with van der Waals surface area (Å²) in [4.78, 5) is 13.6. The van der Waals surface area contributed by atoms with Crippen LogP contribution in [0.4, 0.5) is 5.69 Å². The largest absolute Gasteiger partial charge is 0.289 e. The summed E-state index contributed by atoms with van der Waals surface area (Å²) < 4.78 is 13.0. The molecular formula is C16H15NO2S. The van der Waals surface area contributed by atoms with E-state index < -0.39 is 15.7 Å². The van der Waals surface area contributed by atoms with Crippen LogP contribution < -0.4 is 4.90 Å². The van der Waals surface area contributed by atoms with E-state index in [-0.39, 0.29) is 5.91 Å². The van der Waals surface area contributed by atoms with Gasteiger partial charge in [-0.25, -0.2) is 0 Å². The topological polar surface area (TPSA) is 37.4 Å². The lowest BCUT2D eigenvalue weighted by Crippen LogP contribution is -2.45. The van der Waals surface area contributed by atoms with Crippen molar-refractivity contribution >= 4 is 22.4 Å². The molecule has 0 bridgehead atoms. The second kappa shape index (κ2) is 4.56. The van der Waals surface area contributed by atoms with E-state index in [9.17, 15) is 9.00 Å². The van der Waals surface area contributed by atoms with Crippen molar-refractivity contribution in [3.63, 3.8) is 0 Å². The van der Waals surface area contributed by atoms with Gasteiger partial charge in [0.05, 0.1) is 21.4 Å². The van der Waals surface area contributed by atoms with E-state index in [0.717, 1.165) is 11.3 Å². The number of carbonyl (C=O) groups is 1. The minimum atomic E-state index is -1.30. The molecule has 1 heterocycles. The molecular weight excluding hydrogens is 270 g/mol. The maximum Gasteiger partial charge on any atom is 0.225 e. The summed E-state index contributed by atoms with van der Waals surface area (Å²) in [7, 11) is -1.30. The Balaban J connectivity index is 2.27. The number of hydrogen-bond acceptors (Lipinski definition) is 2. The number of para-hydroxylation sites is 1. The summed E-state index contributed by atoms with van der Waals surface area (Å²) in [5.74, 6) is -0.102. The number of carbonyl (C=O) groups excluding carboxylic acids is 1.